The van der Waals surface area contributed by atoms with Crippen molar-refractivity contribution >= 4 is 34.2 Å². The third-order valence-electron chi connectivity index (χ3n) is 4.01. The van der Waals surface area contributed by atoms with Crippen LogP contribution in [-0.4, -0.2) is 0 Å². The normalized spacial score (nSPS) is 13.2. The first-order valence-electron chi connectivity index (χ1n) is 6.94. The minimum Gasteiger partial charge on any atom is -0.113 e. The van der Waals surface area contributed by atoms with Gasteiger partial charge in [0, 0.05) is 3.57 Å². The van der Waals surface area contributed by atoms with Gasteiger partial charge in [0.15, 0.2) is 0 Å². The highest BCUT2D eigenvalue weighted by Gasteiger charge is 2.18. The molecule has 0 nitrogen and oxygen atoms in total. The average Bonchev–Trinajstić information content (AvgIpc) is 2.46. The van der Waals surface area contributed by atoms with Crippen molar-refractivity contribution in [1.29, 1.82) is 0 Å². The average molecular weight is 399 g/mol. The van der Waals surface area contributed by atoms with Crippen molar-refractivity contribution < 1.29 is 0 Å². The van der Waals surface area contributed by atoms with E-state index in [1.807, 2.05) is 0 Å². The topological polar surface area (TPSA) is 0 Å². The fourth-order valence-electron chi connectivity index (χ4n) is 2.16. The molecule has 1 atom stereocenters. The van der Waals surface area contributed by atoms with Crippen LogP contribution in [0.25, 0.3) is 0 Å². The van der Waals surface area contributed by atoms with Gasteiger partial charge in [-0.1, -0.05) is 57.2 Å². The van der Waals surface area contributed by atoms with E-state index < -0.39 is 0 Å². The number of rotatable bonds is 4. The summed E-state index contributed by atoms with van der Waals surface area (Å²) < 4.78 is 1.22. The molecule has 0 aliphatic rings. The van der Waals surface area contributed by atoms with Gasteiger partial charge in [0.2, 0.25) is 0 Å². The summed E-state index contributed by atoms with van der Waals surface area (Å²) in [5.74, 6) is 0. The van der Waals surface area contributed by atoms with Gasteiger partial charge in [-0.25, -0.2) is 0 Å². The van der Waals surface area contributed by atoms with Crippen LogP contribution in [0.15, 0.2) is 48.5 Å². The summed E-state index contributed by atoms with van der Waals surface area (Å²) in [6.45, 7) is 6.78. The molecule has 0 bridgehead atoms. The third kappa shape index (κ3) is 3.56. The molecule has 0 saturated heterocycles. The minimum atomic E-state index is -0.0801. The maximum absolute atomic E-state index is 6.60. The van der Waals surface area contributed by atoms with E-state index in [2.05, 4.69) is 91.9 Å². The molecule has 0 aliphatic carbocycles. The van der Waals surface area contributed by atoms with Crippen LogP contribution in [0, 0.1) is 3.57 Å². The predicted octanol–water partition coefficient (Wildman–Crippen LogP) is 6.31. The molecular formula is C18H20ClI. The van der Waals surface area contributed by atoms with Crippen LogP contribution in [0.2, 0.25) is 0 Å². The van der Waals surface area contributed by atoms with E-state index in [4.69, 9.17) is 11.6 Å². The Bertz CT molecular complexity index is 572. The first-order valence-corrected chi connectivity index (χ1v) is 8.45. The van der Waals surface area contributed by atoms with Crippen LogP contribution in [0.5, 0.6) is 0 Å². The molecule has 2 aromatic carbocycles. The Labute approximate surface area is 140 Å². The maximum atomic E-state index is 6.60. The van der Waals surface area contributed by atoms with Gasteiger partial charge in [-0.05, 0) is 63.2 Å². The number of hydrogen-bond acceptors (Lipinski definition) is 0. The Morgan fingerprint density at radius 1 is 1.05 bits per heavy atom. The molecule has 20 heavy (non-hydrogen) atoms. The van der Waals surface area contributed by atoms with Gasteiger partial charge in [0.05, 0.1) is 5.38 Å². The summed E-state index contributed by atoms with van der Waals surface area (Å²) >= 11 is 8.92. The van der Waals surface area contributed by atoms with E-state index in [-0.39, 0.29) is 10.8 Å². The highest BCUT2D eigenvalue weighted by atomic mass is 127. The van der Waals surface area contributed by atoms with Gasteiger partial charge in [-0.15, -0.1) is 11.6 Å². The van der Waals surface area contributed by atoms with E-state index in [1.54, 1.807) is 0 Å². The molecule has 0 radical (unpaired) electrons. The van der Waals surface area contributed by atoms with Crippen LogP contribution in [0.4, 0.5) is 0 Å². The van der Waals surface area contributed by atoms with Crippen LogP contribution in [0.3, 0.4) is 0 Å². The quantitative estimate of drug-likeness (QED) is 0.418. The zero-order valence-electron chi connectivity index (χ0n) is 12.2. The van der Waals surface area contributed by atoms with Crippen molar-refractivity contribution in [3.05, 3.63) is 68.8 Å². The molecule has 2 heteroatoms. The molecule has 0 saturated carbocycles. The lowest BCUT2D eigenvalue weighted by atomic mass is 9.82. The molecule has 0 spiro atoms. The zero-order valence-corrected chi connectivity index (χ0v) is 15.1. The molecule has 2 rings (SSSR count). The van der Waals surface area contributed by atoms with Gasteiger partial charge >= 0.3 is 0 Å². The molecule has 2 aromatic rings. The number of hydrogen-bond donors (Lipinski definition) is 0. The van der Waals surface area contributed by atoms with E-state index in [9.17, 15) is 0 Å². The summed E-state index contributed by atoms with van der Waals surface area (Å²) in [6.07, 6.45) is 1.13. The van der Waals surface area contributed by atoms with Crippen LogP contribution in [0.1, 0.15) is 49.3 Å². The highest BCUT2D eigenvalue weighted by molar-refractivity contribution is 14.1. The van der Waals surface area contributed by atoms with Crippen molar-refractivity contribution in [3.8, 4) is 0 Å². The summed E-state index contributed by atoms with van der Waals surface area (Å²) in [6, 6.07) is 17.1. The molecule has 0 N–H and O–H groups in total. The SMILES string of the molecule is CCC(C)(C)c1ccc(C(Cl)c2cccc(I)c2)cc1. The maximum Gasteiger partial charge on any atom is 0.0835 e. The molecular weight excluding hydrogens is 379 g/mol. The van der Waals surface area contributed by atoms with Crippen molar-refractivity contribution in [2.24, 2.45) is 0 Å². The first kappa shape index (κ1) is 15.8. The monoisotopic (exact) mass is 398 g/mol. The number of alkyl halides is 1. The Balaban J connectivity index is 2.26. The second kappa shape index (κ2) is 6.48. The lowest BCUT2D eigenvalue weighted by Gasteiger charge is -2.24. The van der Waals surface area contributed by atoms with Crippen LogP contribution < -0.4 is 0 Å². The van der Waals surface area contributed by atoms with E-state index in [1.165, 1.54) is 9.13 Å². The fraction of sp³-hybridized carbons (Fsp3) is 0.333. The molecule has 0 aliphatic heterocycles. The van der Waals surface area contributed by atoms with Gasteiger partial charge in [-0.2, -0.15) is 0 Å². The van der Waals surface area contributed by atoms with Gasteiger partial charge < -0.3 is 0 Å². The van der Waals surface area contributed by atoms with E-state index in [0.29, 0.717) is 0 Å². The molecule has 0 amide bonds. The standard InChI is InChI=1S/C18H20ClI/c1-4-18(2,3)15-10-8-13(9-11-15)17(19)14-6-5-7-16(20)12-14/h5-12,17H,4H2,1-3H3. The van der Waals surface area contributed by atoms with Crippen molar-refractivity contribution in [1.82, 2.24) is 0 Å². The second-order valence-electron chi connectivity index (χ2n) is 5.78. The molecule has 0 aromatic heterocycles. The second-order valence-corrected chi connectivity index (χ2v) is 7.46. The lowest BCUT2D eigenvalue weighted by Crippen LogP contribution is -2.15. The Morgan fingerprint density at radius 2 is 1.70 bits per heavy atom. The van der Waals surface area contributed by atoms with Gasteiger partial charge in [0.1, 0.15) is 0 Å². The Hall–Kier alpha value is -0.540. The van der Waals surface area contributed by atoms with E-state index in [0.717, 1.165) is 17.5 Å². The van der Waals surface area contributed by atoms with Crippen molar-refractivity contribution in [3.63, 3.8) is 0 Å². The smallest absolute Gasteiger partial charge is 0.0835 e. The Kier molecular flexibility index (Phi) is 5.14. The summed E-state index contributed by atoms with van der Waals surface area (Å²) in [7, 11) is 0. The lowest BCUT2D eigenvalue weighted by molar-refractivity contribution is 0.506. The first-order chi connectivity index (χ1) is 9.44. The number of benzene rings is 2. The highest BCUT2D eigenvalue weighted by Crippen LogP contribution is 2.32. The van der Waals surface area contributed by atoms with Crippen molar-refractivity contribution in [2.75, 3.05) is 0 Å². The predicted molar refractivity (Wildman–Crippen MR) is 96.6 cm³/mol. The number of halogens is 2. The molecule has 0 heterocycles. The summed E-state index contributed by atoms with van der Waals surface area (Å²) in [5, 5.41) is -0.0801. The Morgan fingerprint density at radius 3 is 2.25 bits per heavy atom. The van der Waals surface area contributed by atoms with Gasteiger partial charge in [0.25, 0.3) is 0 Å². The van der Waals surface area contributed by atoms with Crippen LogP contribution in [-0.2, 0) is 5.41 Å². The molecule has 106 valence electrons. The summed E-state index contributed by atoms with van der Waals surface area (Å²) in [4.78, 5) is 0. The summed E-state index contributed by atoms with van der Waals surface area (Å²) in [5.41, 5.74) is 3.91. The van der Waals surface area contributed by atoms with E-state index >= 15 is 0 Å². The third-order valence-corrected chi connectivity index (χ3v) is 5.18. The largest absolute Gasteiger partial charge is 0.113 e. The minimum absolute atomic E-state index is 0.0801. The van der Waals surface area contributed by atoms with Crippen LogP contribution >= 0.6 is 34.2 Å². The van der Waals surface area contributed by atoms with Gasteiger partial charge in [-0.3, -0.25) is 0 Å². The van der Waals surface area contributed by atoms with Crippen molar-refractivity contribution in [2.45, 2.75) is 38.0 Å². The zero-order chi connectivity index (χ0) is 14.8. The molecule has 1 unspecified atom stereocenters. The molecule has 0 fully saturated rings. The fourth-order valence-corrected chi connectivity index (χ4v) is 3.01.